The first-order chi connectivity index (χ1) is 7.08. The number of aromatic nitrogens is 1. The highest BCUT2D eigenvalue weighted by atomic mass is 35.5. The Labute approximate surface area is 93.5 Å². The van der Waals surface area contributed by atoms with E-state index in [0.717, 1.165) is 22.2 Å². The number of hydrogen-bond donors (Lipinski definition) is 1. The average molecular weight is 222 g/mol. The molecule has 0 aliphatic carbocycles. The van der Waals surface area contributed by atoms with Crippen molar-refractivity contribution in [3.05, 3.63) is 40.5 Å². The van der Waals surface area contributed by atoms with Crippen molar-refractivity contribution in [3.8, 4) is 0 Å². The Balaban J connectivity index is 2.71. The molecule has 1 aromatic carbocycles. The Bertz CT molecular complexity index is 508. The van der Waals surface area contributed by atoms with Gasteiger partial charge in [0, 0.05) is 11.1 Å². The summed E-state index contributed by atoms with van der Waals surface area (Å²) < 4.78 is 0. The number of aliphatic hydroxyl groups is 1. The average Bonchev–Trinajstić information content (AvgIpc) is 2.16. The topological polar surface area (TPSA) is 33.1 Å². The van der Waals surface area contributed by atoms with Crippen LogP contribution in [0, 0.1) is 6.92 Å². The van der Waals surface area contributed by atoms with Gasteiger partial charge in [-0.25, -0.2) is 0 Å². The summed E-state index contributed by atoms with van der Waals surface area (Å²) in [5.74, 6) is 0. The van der Waals surface area contributed by atoms with Crippen molar-refractivity contribution in [2.24, 2.45) is 0 Å². The maximum atomic E-state index is 9.47. The van der Waals surface area contributed by atoms with Gasteiger partial charge in [0.2, 0.25) is 0 Å². The van der Waals surface area contributed by atoms with Crippen molar-refractivity contribution in [1.29, 1.82) is 0 Å². The summed E-state index contributed by atoms with van der Waals surface area (Å²) in [6, 6.07) is 7.47. The largest absolute Gasteiger partial charge is 0.389 e. The van der Waals surface area contributed by atoms with Crippen LogP contribution in [0.5, 0.6) is 0 Å². The molecule has 3 heteroatoms. The molecule has 0 aliphatic heterocycles. The molecule has 0 radical (unpaired) electrons. The van der Waals surface area contributed by atoms with Gasteiger partial charge >= 0.3 is 0 Å². The third kappa shape index (κ3) is 1.96. The molecule has 1 N–H and O–H groups in total. The van der Waals surface area contributed by atoms with Crippen LogP contribution in [0.1, 0.15) is 24.3 Å². The molecule has 15 heavy (non-hydrogen) atoms. The summed E-state index contributed by atoms with van der Waals surface area (Å²) in [7, 11) is 0. The summed E-state index contributed by atoms with van der Waals surface area (Å²) in [5, 5.41) is 11.0. The molecule has 78 valence electrons. The van der Waals surface area contributed by atoms with E-state index in [0.29, 0.717) is 5.02 Å². The monoisotopic (exact) mass is 221 g/mol. The second kappa shape index (κ2) is 3.80. The Kier molecular flexibility index (Phi) is 2.63. The van der Waals surface area contributed by atoms with E-state index in [-0.39, 0.29) is 0 Å². The molecule has 2 nitrogen and oxygen atoms in total. The van der Waals surface area contributed by atoms with E-state index in [1.165, 1.54) is 0 Å². The van der Waals surface area contributed by atoms with Crippen molar-refractivity contribution < 1.29 is 5.11 Å². The normalized spacial score (nSPS) is 13.1. The lowest BCUT2D eigenvalue weighted by Gasteiger charge is -2.07. The van der Waals surface area contributed by atoms with Gasteiger partial charge in [0.15, 0.2) is 0 Å². The van der Waals surface area contributed by atoms with Crippen LogP contribution in [0.3, 0.4) is 0 Å². The van der Waals surface area contributed by atoms with Gasteiger partial charge in [-0.15, -0.1) is 0 Å². The molecule has 2 rings (SSSR count). The van der Waals surface area contributed by atoms with Gasteiger partial charge in [-0.1, -0.05) is 17.7 Å². The fourth-order valence-corrected chi connectivity index (χ4v) is 1.89. The molecule has 1 aromatic heterocycles. The third-order valence-electron chi connectivity index (χ3n) is 2.39. The third-order valence-corrected chi connectivity index (χ3v) is 2.71. The zero-order chi connectivity index (χ0) is 11.0. The molecule has 0 bridgehead atoms. The van der Waals surface area contributed by atoms with E-state index in [1.54, 1.807) is 6.92 Å². The van der Waals surface area contributed by atoms with Gasteiger partial charge in [-0.3, -0.25) is 4.98 Å². The predicted molar refractivity (Wildman–Crippen MR) is 62.1 cm³/mol. The van der Waals surface area contributed by atoms with Crippen molar-refractivity contribution in [2.45, 2.75) is 20.0 Å². The van der Waals surface area contributed by atoms with E-state index >= 15 is 0 Å². The van der Waals surface area contributed by atoms with Gasteiger partial charge in [0.05, 0.1) is 16.6 Å². The minimum atomic E-state index is -0.480. The maximum absolute atomic E-state index is 9.47. The van der Waals surface area contributed by atoms with Crippen LogP contribution in [-0.4, -0.2) is 10.1 Å². The Morgan fingerprint density at radius 2 is 2.07 bits per heavy atom. The SMILES string of the molecule is Cc1cc(Cl)c2cc(C(C)O)ccc2n1. The number of aryl methyl sites for hydroxylation is 1. The first-order valence-corrected chi connectivity index (χ1v) is 5.20. The highest BCUT2D eigenvalue weighted by Crippen LogP contribution is 2.26. The lowest BCUT2D eigenvalue weighted by Crippen LogP contribution is -1.92. The molecule has 1 atom stereocenters. The second-order valence-corrected chi connectivity index (χ2v) is 4.11. The summed E-state index contributed by atoms with van der Waals surface area (Å²) in [5.41, 5.74) is 2.62. The first-order valence-electron chi connectivity index (χ1n) is 4.83. The van der Waals surface area contributed by atoms with Crippen LogP contribution in [0.25, 0.3) is 10.9 Å². The molecule has 0 saturated heterocycles. The molecule has 2 aromatic rings. The number of rotatable bonds is 1. The zero-order valence-electron chi connectivity index (χ0n) is 8.66. The quantitative estimate of drug-likeness (QED) is 0.802. The van der Waals surface area contributed by atoms with Crippen LogP contribution in [0.2, 0.25) is 5.02 Å². The second-order valence-electron chi connectivity index (χ2n) is 3.70. The smallest absolute Gasteiger partial charge is 0.0762 e. The van der Waals surface area contributed by atoms with Gasteiger partial charge < -0.3 is 5.11 Å². The highest BCUT2D eigenvalue weighted by molar-refractivity contribution is 6.35. The molecule has 0 saturated carbocycles. The fraction of sp³-hybridized carbons (Fsp3) is 0.250. The molecule has 0 aliphatic rings. The highest BCUT2D eigenvalue weighted by Gasteiger charge is 2.06. The van der Waals surface area contributed by atoms with E-state index in [4.69, 9.17) is 11.6 Å². The minimum absolute atomic E-state index is 0.480. The lowest BCUT2D eigenvalue weighted by molar-refractivity contribution is 0.199. The van der Waals surface area contributed by atoms with E-state index in [1.807, 2.05) is 31.2 Å². The van der Waals surface area contributed by atoms with Gasteiger partial charge in [-0.2, -0.15) is 0 Å². The summed E-state index contributed by atoms with van der Waals surface area (Å²) in [6.45, 7) is 3.64. The van der Waals surface area contributed by atoms with Gasteiger partial charge in [0.25, 0.3) is 0 Å². The number of fused-ring (bicyclic) bond motifs is 1. The Hall–Kier alpha value is -1.12. The van der Waals surface area contributed by atoms with Gasteiger partial charge in [0.1, 0.15) is 0 Å². The molecular formula is C12H12ClNO. The van der Waals surface area contributed by atoms with E-state index in [9.17, 15) is 5.11 Å². The van der Waals surface area contributed by atoms with E-state index < -0.39 is 6.10 Å². The summed E-state index contributed by atoms with van der Waals surface area (Å²) in [6.07, 6.45) is -0.480. The standard InChI is InChI=1S/C12H12ClNO/c1-7-5-11(13)10-6-9(8(2)15)3-4-12(10)14-7/h3-6,8,15H,1-2H3. The lowest BCUT2D eigenvalue weighted by atomic mass is 10.1. The number of hydrogen-bond acceptors (Lipinski definition) is 2. The van der Waals surface area contributed by atoms with Crippen molar-refractivity contribution in [3.63, 3.8) is 0 Å². The van der Waals surface area contributed by atoms with Gasteiger partial charge in [-0.05, 0) is 37.6 Å². The number of aliphatic hydroxyl groups excluding tert-OH is 1. The summed E-state index contributed by atoms with van der Waals surface area (Å²) >= 11 is 6.12. The maximum Gasteiger partial charge on any atom is 0.0762 e. The number of nitrogens with zero attached hydrogens (tertiary/aromatic N) is 1. The Morgan fingerprint density at radius 3 is 2.73 bits per heavy atom. The number of benzene rings is 1. The molecule has 0 fully saturated rings. The van der Waals surface area contributed by atoms with Crippen molar-refractivity contribution >= 4 is 22.5 Å². The number of halogens is 1. The molecular weight excluding hydrogens is 210 g/mol. The predicted octanol–water partition coefficient (Wildman–Crippen LogP) is 3.25. The Morgan fingerprint density at radius 1 is 1.33 bits per heavy atom. The van der Waals surface area contributed by atoms with Crippen LogP contribution < -0.4 is 0 Å². The molecule has 1 heterocycles. The zero-order valence-corrected chi connectivity index (χ0v) is 9.42. The van der Waals surface area contributed by atoms with Crippen LogP contribution >= 0.6 is 11.6 Å². The van der Waals surface area contributed by atoms with Crippen LogP contribution in [-0.2, 0) is 0 Å². The fourth-order valence-electron chi connectivity index (χ4n) is 1.59. The molecule has 0 amide bonds. The van der Waals surface area contributed by atoms with Crippen LogP contribution in [0.4, 0.5) is 0 Å². The first kappa shape index (κ1) is 10.4. The summed E-state index contributed by atoms with van der Waals surface area (Å²) in [4.78, 5) is 4.37. The van der Waals surface area contributed by atoms with Crippen LogP contribution in [0.15, 0.2) is 24.3 Å². The molecule has 1 unspecified atom stereocenters. The van der Waals surface area contributed by atoms with E-state index in [2.05, 4.69) is 4.98 Å². The number of pyridine rings is 1. The van der Waals surface area contributed by atoms with Crippen molar-refractivity contribution in [1.82, 2.24) is 4.98 Å². The molecule has 0 spiro atoms. The van der Waals surface area contributed by atoms with Crippen molar-refractivity contribution in [2.75, 3.05) is 0 Å². The minimum Gasteiger partial charge on any atom is -0.389 e.